The lowest BCUT2D eigenvalue weighted by molar-refractivity contribution is -0.145. The van der Waals surface area contributed by atoms with Crippen LogP contribution in [0.5, 0.6) is 0 Å². The molecular weight excluding hydrogens is 250 g/mol. The summed E-state index contributed by atoms with van der Waals surface area (Å²) in [6.07, 6.45) is 4.00. The zero-order chi connectivity index (χ0) is 12.8. The van der Waals surface area contributed by atoms with E-state index in [1.165, 1.54) is 12.8 Å². The van der Waals surface area contributed by atoms with Gasteiger partial charge in [0.2, 0.25) is 0 Å². The monoisotopic (exact) mass is 269 g/mol. The molecule has 0 bridgehead atoms. The molecule has 0 aliphatic heterocycles. The summed E-state index contributed by atoms with van der Waals surface area (Å²) >= 11 is 1.69. The molecule has 5 heteroatoms. The molecule has 2 rings (SSSR count). The van der Waals surface area contributed by atoms with E-state index in [1.807, 2.05) is 19.1 Å². The molecule has 0 saturated heterocycles. The fraction of sp³-hybridized carbons (Fsp3) is 0.615. The van der Waals surface area contributed by atoms with Crippen molar-refractivity contribution in [2.45, 2.75) is 37.6 Å². The maximum Gasteiger partial charge on any atom is 0.323 e. The lowest BCUT2D eigenvalue weighted by Crippen LogP contribution is -2.41. The molecule has 4 nitrogen and oxygen atoms in total. The molecule has 1 aliphatic carbocycles. The van der Waals surface area contributed by atoms with Gasteiger partial charge in [0.15, 0.2) is 0 Å². The number of ether oxygens (including phenoxy) is 1. The third-order valence-electron chi connectivity index (χ3n) is 2.69. The van der Waals surface area contributed by atoms with Crippen molar-refractivity contribution in [2.75, 3.05) is 12.4 Å². The fourth-order valence-electron chi connectivity index (χ4n) is 1.63. The molecule has 1 unspecified atom stereocenters. The van der Waals surface area contributed by atoms with E-state index in [-0.39, 0.29) is 12.0 Å². The van der Waals surface area contributed by atoms with E-state index < -0.39 is 0 Å². The first-order valence-electron chi connectivity index (χ1n) is 6.32. The van der Waals surface area contributed by atoms with Crippen LogP contribution in [-0.4, -0.2) is 30.4 Å². The van der Waals surface area contributed by atoms with Crippen LogP contribution in [0, 0.1) is 0 Å². The predicted molar refractivity (Wildman–Crippen MR) is 71.4 cm³/mol. The molecule has 1 aliphatic rings. The third-order valence-corrected chi connectivity index (χ3v) is 3.75. The highest BCUT2D eigenvalue weighted by Crippen LogP contribution is 2.21. The Bertz CT molecular complexity index is 362. The van der Waals surface area contributed by atoms with Crippen molar-refractivity contribution in [2.24, 2.45) is 0 Å². The van der Waals surface area contributed by atoms with Crippen LogP contribution in [0.25, 0.3) is 0 Å². The number of nitrogens with one attached hydrogen (secondary N) is 1. The average molecular weight is 269 g/mol. The molecule has 1 fully saturated rings. The largest absolute Gasteiger partial charge is 0.468 e. The normalized spacial score (nSPS) is 16.5. The van der Waals surface area contributed by atoms with Crippen LogP contribution in [-0.2, 0) is 15.3 Å². The smallest absolute Gasteiger partial charge is 0.323 e. The molecular formula is C13H19NO3S. The fourth-order valence-corrected chi connectivity index (χ4v) is 2.58. The van der Waals surface area contributed by atoms with Gasteiger partial charge in [-0.3, -0.25) is 4.79 Å². The van der Waals surface area contributed by atoms with E-state index in [9.17, 15) is 4.79 Å². The lowest BCUT2D eigenvalue weighted by Gasteiger charge is -2.16. The van der Waals surface area contributed by atoms with Crippen LogP contribution < -0.4 is 5.32 Å². The van der Waals surface area contributed by atoms with Crippen LogP contribution >= 0.6 is 11.8 Å². The van der Waals surface area contributed by atoms with Crippen molar-refractivity contribution in [1.29, 1.82) is 0 Å². The highest BCUT2D eigenvalue weighted by molar-refractivity contribution is 7.98. The van der Waals surface area contributed by atoms with Gasteiger partial charge in [0.05, 0.1) is 18.6 Å². The highest BCUT2D eigenvalue weighted by atomic mass is 32.2. The van der Waals surface area contributed by atoms with Crippen molar-refractivity contribution in [3.63, 3.8) is 0 Å². The summed E-state index contributed by atoms with van der Waals surface area (Å²) < 4.78 is 10.3. The van der Waals surface area contributed by atoms with E-state index in [0.717, 1.165) is 17.3 Å². The van der Waals surface area contributed by atoms with E-state index in [2.05, 4.69) is 5.32 Å². The van der Waals surface area contributed by atoms with E-state index >= 15 is 0 Å². The molecule has 0 amide bonds. The Hall–Kier alpha value is -0.940. The first kappa shape index (κ1) is 13.5. The van der Waals surface area contributed by atoms with E-state index in [4.69, 9.17) is 9.15 Å². The van der Waals surface area contributed by atoms with Gasteiger partial charge < -0.3 is 14.5 Å². The zero-order valence-electron chi connectivity index (χ0n) is 10.6. The Kier molecular flexibility index (Phi) is 5.13. The summed E-state index contributed by atoms with van der Waals surface area (Å²) in [6.45, 7) is 2.27. The summed E-state index contributed by atoms with van der Waals surface area (Å²) in [5.74, 6) is 2.30. The van der Waals surface area contributed by atoms with Gasteiger partial charge in [-0.15, -0.1) is 0 Å². The standard InChI is InChI=1S/C13H19NO3S/c1-2-16-13(15)12(14-10-5-6-10)9-18-8-11-4-3-7-17-11/h3-4,7,10,12,14H,2,5-6,8-9H2,1H3. The van der Waals surface area contributed by atoms with Crippen molar-refractivity contribution in [3.8, 4) is 0 Å². The van der Waals surface area contributed by atoms with E-state index in [1.54, 1.807) is 18.0 Å². The Morgan fingerprint density at radius 2 is 2.50 bits per heavy atom. The molecule has 1 heterocycles. The molecule has 1 N–H and O–H groups in total. The Labute approximate surface area is 111 Å². The molecule has 0 radical (unpaired) electrons. The molecule has 1 aromatic rings. The number of thioether (sulfide) groups is 1. The molecule has 0 aromatic carbocycles. The van der Waals surface area contributed by atoms with Gasteiger partial charge in [-0.25, -0.2) is 0 Å². The minimum atomic E-state index is -0.197. The number of esters is 1. The average Bonchev–Trinajstić information content (AvgIpc) is 3.02. The molecule has 1 atom stereocenters. The summed E-state index contributed by atoms with van der Waals surface area (Å²) in [7, 11) is 0. The minimum absolute atomic E-state index is 0.142. The Balaban J connectivity index is 1.74. The summed E-state index contributed by atoms with van der Waals surface area (Å²) in [5.41, 5.74) is 0. The number of furan rings is 1. The van der Waals surface area contributed by atoms with Crippen molar-refractivity contribution in [1.82, 2.24) is 5.32 Å². The minimum Gasteiger partial charge on any atom is -0.468 e. The summed E-state index contributed by atoms with van der Waals surface area (Å²) in [5, 5.41) is 3.33. The molecule has 1 saturated carbocycles. The van der Waals surface area contributed by atoms with Crippen LogP contribution in [0.1, 0.15) is 25.5 Å². The van der Waals surface area contributed by atoms with Crippen molar-refractivity contribution in [3.05, 3.63) is 24.2 Å². The molecule has 100 valence electrons. The number of hydrogen-bond acceptors (Lipinski definition) is 5. The molecule has 18 heavy (non-hydrogen) atoms. The molecule has 1 aromatic heterocycles. The number of carbonyl (C=O) groups excluding carboxylic acids is 1. The summed E-state index contributed by atoms with van der Waals surface area (Å²) in [6, 6.07) is 4.13. The second-order valence-electron chi connectivity index (χ2n) is 4.34. The number of hydrogen-bond donors (Lipinski definition) is 1. The zero-order valence-corrected chi connectivity index (χ0v) is 11.4. The SMILES string of the molecule is CCOC(=O)C(CSCc1ccco1)NC1CC1. The van der Waals surface area contributed by atoms with Gasteiger partial charge in [0.25, 0.3) is 0 Å². The predicted octanol–water partition coefficient (Wildman–Crippen LogP) is 2.20. The number of carbonyl (C=O) groups is 1. The maximum absolute atomic E-state index is 11.8. The second-order valence-corrected chi connectivity index (χ2v) is 5.37. The summed E-state index contributed by atoms with van der Waals surface area (Å²) in [4.78, 5) is 11.8. The van der Waals surface area contributed by atoms with Crippen molar-refractivity contribution >= 4 is 17.7 Å². The topological polar surface area (TPSA) is 51.5 Å². The second kappa shape index (κ2) is 6.85. The Morgan fingerprint density at radius 1 is 1.67 bits per heavy atom. The number of rotatable bonds is 8. The van der Waals surface area contributed by atoms with Crippen molar-refractivity contribution < 1.29 is 13.9 Å². The van der Waals surface area contributed by atoms with Crippen LogP contribution in [0.3, 0.4) is 0 Å². The van der Waals surface area contributed by atoms with Gasteiger partial charge in [0.1, 0.15) is 11.8 Å². The lowest BCUT2D eigenvalue weighted by atomic mass is 10.3. The quantitative estimate of drug-likeness (QED) is 0.733. The third kappa shape index (κ3) is 4.38. The van der Waals surface area contributed by atoms with Crippen LogP contribution in [0.4, 0.5) is 0 Å². The first-order valence-corrected chi connectivity index (χ1v) is 7.48. The Morgan fingerprint density at radius 3 is 3.11 bits per heavy atom. The van der Waals surface area contributed by atoms with Gasteiger partial charge in [0, 0.05) is 11.8 Å². The van der Waals surface area contributed by atoms with Gasteiger partial charge in [-0.05, 0) is 31.9 Å². The van der Waals surface area contributed by atoms with Crippen LogP contribution in [0.2, 0.25) is 0 Å². The van der Waals surface area contributed by atoms with Gasteiger partial charge in [-0.2, -0.15) is 11.8 Å². The maximum atomic E-state index is 11.8. The highest BCUT2D eigenvalue weighted by Gasteiger charge is 2.29. The van der Waals surface area contributed by atoms with Crippen LogP contribution in [0.15, 0.2) is 22.8 Å². The van der Waals surface area contributed by atoms with E-state index in [0.29, 0.717) is 12.6 Å². The van der Waals surface area contributed by atoms with Gasteiger partial charge >= 0.3 is 5.97 Å². The first-order chi connectivity index (χ1) is 8.79. The van der Waals surface area contributed by atoms with Gasteiger partial charge in [-0.1, -0.05) is 0 Å². The molecule has 0 spiro atoms.